The zero-order valence-corrected chi connectivity index (χ0v) is 19.0. The fourth-order valence-corrected chi connectivity index (χ4v) is 5.11. The topological polar surface area (TPSA) is 104 Å². The Morgan fingerprint density at radius 3 is 2.87 bits per heavy atom. The van der Waals surface area contributed by atoms with Gasteiger partial charge in [-0.3, -0.25) is 14.5 Å². The number of thioether (sulfide) groups is 1. The standard InChI is InChI=1S/C21H22N4O4S2/c1-11-12(2)31-20-17(11)19(27)23-16(24-20)10-30-13(3)18(26)22-14-6-4-5-7-15(14)25-8-9-29-21(25)28/h4-7,13H,8-10H2,1-3H3,(H,22,26)(H,23,24,27). The first-order valence-electron chi connectivity index (χ1n) is 9.80. The summed E-state index contributed by atoms with van der Waals surface area (Å²) in [6, 6.07) is 7.13. The van der Waals surface area contributed by atoms with Crippen LogP contribution in [-0.2, 0) is 15.3 Å². The minimum absolute atomic E-state index is 0.147. The molecule has 0 aliphatic carbocycles. The summed E-state index contributed by atoms with van der Waals surface area (Å²) in [5, 5.41) is 3.14. The molecular weight excluding hydrogens is 436 g/mol. The Kier molecular flexibility index (Phi) is 6.01. The first kappa shape index (κ1) is 21.4. The average molecular weight is 459 g/mol. The summed E-state index contributed by atoms with van der Waals surface area (Å²) >= 11 is 2.88. The van der Waals surface area contributed by atoms with Crippen molar-refractivity contribution in [1.29, 1.82) is 0 Å². The summed E-state index contributed by atoms with van der Waals surface area (Å²) in [4.78, 5) is 47.8. The molecule has 8 nitrogen and oxygen atoms in total. The van der Waals surface area contributed by atoms with Crippen LogP contribution < -0.4 is 15.8 Å². The van der Waals surface area contributed by atoms with Gasteiger partial charge in [0.1, 0.15) is 17.3 Å². The molecule has 0 bridgehead atoms. The zero-order chi connectivity index (χ0) is 22.1. The van der Waals surface area contributed by atoms with E-state index in [4.69, 9.17) is 4.74 Å². The monoisotopic (exact) mass is 458 g/mol. The zero-order valence-electron chi connectivity index (χ0n) is 17.4. The number of cyclic esters (lactones) is 1. The molecule has 2 N–H and O–H groups in total. The van der Waals surface area contributed by atoms with Crippen LogP contribution in [0.2, 0.25) is 0 Å². The predicted octanol–water partition coefficient (Wildman–Crippen LogP) is 3.82. The second-order valence-electron chi connectivity index (χ2n) is 7.20. The Balaban J connectivity index is 1.44. The van der Waals surface area contributed by atoms with Gasteiger partial charge in [0.15, 0.2) is 0 Å². The van der Waals surface area contributed by atoms with E-state index in [1.807, 2.05) is 13.8 Å². The summed E-state index contributed by atoms with van der Waals surface area (Å²) in [6.07, 6.45) is -0.423. The van der Waals surface area contributed by atoms with Crippen molar-refractivity contribution in [2.45, 2.75) is 31.8 Å². The number of carbonyl (C=O) groups is 2. The average Bonchev–Trinajstić information content (AvgIpc) is 3.29. The molecule has 162 valence electrons. The van der Waals surface area contributed by atoms with Crippen LogP contribution in [0.4, 0.5) is 16.2 Å². The van der Waals surface area contributed by atoms with Crippen molar-refractivity contribution >= 4 is 56.7 Å². The molecule has 1 saturated heterocycles. The number of para-hydroxylation sites is 2. The number of hydrogen-bond acceptors (Lipinski definition) is 7. The van der Waals surface area contributed by atoms with Crippen molar-refractivity contribution < 1.29 is 14.3 Å². The number of amides is 2. The van der Waals surface area contributed by atoms with Gasteiger partial charge >= 0.3 is 6.09 Å². The molecule has 1 aliphatic rings. The molecule has 3 heterocycles. The lowest BCUT2D eigenvalue weighted by atomic mass is 10.2. The fourth-order valence-electron chi connectivity index (χ4n) is 3.31. The van der Waals surface area contributed by atoms with Crippen LogP contribution in [0.25, 0.3) is 10.2 Å². The Labute approximate surface area is 187 Å². The van der Waals surface area contributed by atoms with Crippen LogP contribution in [-0.4, -0.2) is 40.4 Å². The molecular formula is C21H22N4O4S2. The molecule has 0 radical (unpaired) electrons. The molecule has 1 aliphatic heterocycles. The minimum atomic E-state index is -0.423. The number of aryl methyl sites for hydroxylation is 2. The third-order valence-electron chi connectivity index (χ3n) is 5.14. The SMILES string of the molecule is Cc1sc2nc(CSC(C)C(=O)Nc3ccccc3N3CCOC3=O)[nH]c(=O)c2c1C. The van der Waals surface area contributed by atoms with Gasteiger partial charge in [-0.05, 0) is 38.5 Å². The van der Waals surface area contributed by atoms with E-state index in [1.165, 1.54) is 28.0 Å². The van der Waals surface area contributed by atoms with Crippen molar-refractivity contribution in [3.63, 3.8) is 0 Å². The second kappa shape index (κ2) is 8.72. The van der Waals surface area contributed by atoms with E-state index in [0.717, 1.165) is 15.3 Å². The van der Waals surface area contributed by atoms with Crippen LogP contribution in [0.3, 0.4) is 0 Å². The first-order valence-corrected chi connectivity index (χ1v) is 11.7. The molecule has 3 aromatic rings. The number of nitrogens with zero attached hydrogens (tertiary/aromatic N) is 2. The maximum atomic E-state index is 12.8. The van der Waals surface area contributed by atoms with Crippen molar-refractivity contribution in [2.75, 3.05) is 23.4 Å². The Bertz CT molecular complexity index is 1220. The van der Waals surface area contributed by atoms with Crippen LogP contribution in [0.1, 0.15) is 23.2 Å². The number of thiophene rings is 1. The normalized spacial score (nSPS) is 14.7. The van der Waals surface area contributed by atoms with Gasteiger partial charge in [-0.2, -0.15) is 0 Å². The highest BCUT2D eigenvalue weighted by molar-refractivity contribution is 7.99. The predicted molar refractivity (Wildman–Crippen MR) is 124 cm³/mol. The van der Waals surface area contributed by atoms with Crippen LogP contribution in [0.15, 0.2) is 29.1 Å². The highest BCUT2D eigenvalue weighted by Gasteiger charge is 2.26. The van der Waals surface area contributed by atoms with Gasteiger partial charge in [0.25, 0.3) is 5.56 Å². The van der Waals surface area contributed by atoms with E-state index in [1.54, 1.807) is 31.2 Å². The number of aromatic amines is 1. The number of H-pyrrole nitrogens is 1. The largest absolute Gasteiger partial charge is 0.447 e. The first-order chi connectivity index (χ1) is 14.8. The lowest BCUT2D eigenvalue weighted by Gasteiger charge is -2.19. The van der Waals surface area contributed by atoms with Crippen LogP contribution >= 0.6 is 23.1 Å². The fraction of sp³-hybridized carbons (Fsp3) is 0.333. The number of nitrogens with one attached hydrogen (secondary N) is 2. The number of rotatable bonds is 6. The van der Waals surface area contributed by atoms with E-state index in [-0.39, 0.29) is 11.5 Å². The number of hydrogen-bond donors (Lipinski definition) is 2. The third kappa shape index (κ3) is 4.31. The minimum Gasteiger partial charge on any atom is -0.447 e. The van der Waals surface area contributed by atoms with Gasteiger partial charge in [0, 0.05) is 4.88 Å². The smallest absolute Gasteiger partial charge is 0.414 e. The van der Waals surface area contributed by atoms with Crippen molar-refractivity contribution in [2.24, 2.45) is 0 Å². The molecule has 10 heteroatoms. The van der Waals surface area contributed by atoms with Crippen molar-refractivity contribution in [3.8, 4) is 0 Å². The maximum Gasteiger partial charge on any atom is 0.414 e. The molecule has 0 spiro atoms. The number of ether oxygens (including phenoxy) is 1. The summed E-state index contributed by atoms with van der Waals surface area (Å²) in [6.45, 7) is 6.46. The molecule has 2 amide bonds. The number of fused-ring (bicyclic) bond motifs is 1. The molecule has 1 aromatic carbocycles. The third-order valence-corrected chi connectivity index (χ3v) is 7.40. The van der Waals surface area contributed by atoms with E-state index in [9.17, 15) is 14.4 Å². The van der Waals surface area contributed by atoms with E-state index in [2.05, 4.69) is 15.3 Å². The maximum absolute atomic E-state index is 12.8. The van der Waals surface area contributed by atoms with Gasteiger partial charge in [0.05, 0.1) is 34.3 Å². The number of anilines is 2. The lowest BCUT2D eigenvalue weighted by molar-refractivity contribution is -0.115. The summed E-state index contributed by atoms with van der Waals surface area (Å²) < 4.78 is 5.00. The molecule has 4 rings (SSSR count). The molecule has 1 atom stereocenters. The van der Waals surface area contributed by atoms with E-state index in [0.29, 0.717) is 41.5 Å². The Morgan fingerprint density at radius 2 is 2.13 bits per heavy atom. The molecule has 31 heavy (non-hydrogen) atoms. The van der Waals surface area contributed by atoms with E-state index >= 15 is 0 Å². The highest BCUT2D eigenvalue weighted by atomic mass is 32.2. The van der Waals surface area contributed by atoms with Gasteiger partial charge < -0.3 is 15.0 Å². The molecule has 1 unspecified atom stereocenters. The quantitative estimate of drug-likeness (QED) is 0.582. The summed E-state index contributed by atoms with van der Waals surface area (Å²) in [7, 11) is 0. The number of aromatic nitrogens is 2. The summed E-state index contributed by atoms with van der Waals surface area (Å²) in [5.41, 5.74) is 1.97. The van der Waals surface area contributed by atoms with Crippen LogP contribution in [0.5, 0.6) is 0 Å². The van der Waals surface area contributed by atoms with Gasteiger partial charge in [-0.25, -0.2) is 9.78 Å². The van der Waals surface area contributed by atoms with Crippen molar-refractivity contribution in [1.82, 2.24) is 9.97 Å². The highest BCUT2D eigenvalue weighted by Crippen LogP contribution is 2.29. The molecule has 0 saturated carbocycles. The van der Waals surface area contributed by atoms with Gasteiger partial charge in [0.2, 0.25) is 5.91 Å². The Morgan fingerprint density at radius 1 is 1.35 bits per heavy atom. The van der Waals surface area contributed by atoms with Gasteiger partial charge in [-0.1, -0.05) is 12.1 Å². The lowest BCUT2D eigenvalue weighted by Crippen LogP contribution is -2.27. The van der Waals surface area contributed by atoms with E-state index < -0.39 is 11.3 Å². The Hall–Kier alpha value is -2.85. The van der Waals surface area contributed by atoms with Crippen molar-refractivity contribution in [3.05, 3.63) is 50.9 Å². The van der Waals surface area contributed by atoms with Crippen LogP contribution in [0, 0.1) is 13.8 Å². The number of benzene rings is 1. The molecule has 2 aromatic heterocycles. The molecule has 1 fully saturated rings. The summed E-state index contributed by atoms with van der Waals surface area (Å²) in [5.74, 6) is 0.746. The van der Waals surface area contributed by atoms with Gasteiger partial charge in [-0.15, -0.1) is 23.1 Å². The number of carbonyl (C=O) groups excluding carboxylic acids is 2. The second-order valence-corrected chi connectivity index (χ2v) is 9.73.